The molecule has 22 heavy (non-hydrogen) atoms. The van der Waals surface area contributed by atoms with Crippen LogP contribution in [-0.4, -0.2) is 0 Å². The third-order valence-corrected chi connectivity index (χ3v) is 4.04. The fourth-order valence-electron chi connectivity index (χ4n) is 2.97. The van der Waals surface area contributed by atoms with Crippen LogP contribution in [0, 0.1) is 0 Å². The van der Waals surface area contributed by atoms with Gasteiger partial charge in [-0.1, -0.05) is 84.9 Å². The molecule has 0 fully saturated rings. The lowest BCUT2D eigenvalue weighted by Gasteiger charge is -2.08. The molecule has 0 radical (unpaired) electrons. The van der Waals surface area contributed by atoms with Gasteiger partial charge in [0.05, 0.1) is 0 Å². The highest BCUT2D eigenvalue weighted by Crippen LogP contribution is 2.42. The van der Waals surface area contributed by atoms with Gasteiger partial charge in [0.25, 0.3) is 0 Å². The lowest BCUT2D eigenvalue weighted by molar-refractivity contribution is 1.60. The van der Waals surface area contributed by atoms with Crippen molar-refractivity contribution in [1.29, 1.82) is 0 Å². The van der Waals surface area contributed by atoms with E-state index in [0.717, 1.165) is 0 Å². The smallest absolute Gasteiger partial charge is 0.00932 e. The topological polar surface area (TPSA) is 0 Å². The molecule has 0 saturated heterocycles. The van der Waals surface area contributed by atoms with Crippen molar-refractivity contribution in [2.45, 2.75) is 0 Å². The van der Waals surface area contributed by atoms with Crippen LogP contribution in [0.1, 0.15) is 22.3 Å². The summed E-state index contributed by atoms with van der Waals surface area (Å²) >= 11 is 0. The fraction of sp³-hybridized carbons (Fsp3) is 0. The minimum Gasteiger partial charge on any atom is -0.0622 e. The zero-order chi connectivity index (χ0) is 14.8. The Kier molecular flexibility index (Phi) is 3.21. The van der Waals surface area contributed by atoms with Crippen molar-refractivity contribution < 1.29 is 0 Å². The van der Waals surface area contributed by atoms with E-state index in [0.29, 0.717) is 0 Å². The van der Waals surface area contributed by atoms with Gasteiger partial charge in [-0.2, -0.15) is 0 Å². The van der Waals surface area contributed by atoms with Crippen molar-refractivity contribution in [3.63, 3.8) is 0 Å². The molecule has 0 aromatic heterocycles. The molecular weight excluding hydrogens is 264 g/mol. The monoisotopic (exact) mass is 280 g/mol. The lowest BCUT2D eigenvalue weighted by Crippen LogP contribution is -1.86. The SMILES string of the molecule is C1=C(c2ccccc2)/C(=C/c2ccccc2)c2ccccc21. The van der Waals surface area contributed by atoms with E-state index < -0.39 is 0 Å². The number of rotatable bonds is 2. The second-order valence-electron chi connectivity index (χ2n) is 5.48. The number of hydrogen-bond acceptors (Lipinski definition) is 0. The summed E-state index contributed by atoms with van der Waals surface area (Å²) in [5.41, 5.74) is 7.70. The maximum atomic E-state index is 2.29. The average Bonchev–Trinajstić information content (AvgIpc) is 2.95. The van der Waals surface area contributed by atoms with E-state index in [1.165, 1.54) is 33.4 Å². The molecule has 0 unspecified atom stereocenters. The first-order valence-electron chi connectivity index (χ1n) is 7.55. The Bertz CT molecular complexity index is 853. The van der Waals surface area contributed by atoms with E-state index >= 15 is 0 Å². The summed E-state index contributed by atoms with van der Waals surface area (Å²) in [5, 5.41) is 0. The van der Waals surface area contributed by atoms with Crippen LogP contribution in [0.15, 0.2) is 84.9 Å². The van der Waals surface area contributed by atoms with Crippen LogP contribution in [0.25, 0.3) is 23.3 Å². The number of allylic oxidation sites excluding steroid dienone is 2. The first kappa shape index (κ1) is 12.8. The van der Waals surface area contributed by atoms with Crippen LogP contribution >= 0.6 is 0 Å². The summed E-state index contributed by atoms with van der Waals surface area (Å²) in [6.07, 6.45) is 4.57. The Morgan fingerprint density at radius 2 is 1.23 bits per heavy atom. The molecule has 0 spiro atoms. The molecule has 1 aliphatic rings. The molecule has 3 aromatic rings. The van der Waals surface area contributed by atoms with Gasteiger partial charge in [-0.3, -0.25) is 0 Å². The minimum atomic E-state index is 1.23. The molecule has 104 valence electrons. The van der Waals surface area contributed by atoms with Crippen molar-refractivity contribution in [2.24, 2.45) is 0 Å². The summed E-state index contributed by atoms with van der Waals surface area (Å²) in [6, 6.07) is 29.7. The van der Waals surface area contributed by atoms with Crippen LogP contribution in [0.4, 0.5) is 0 Å². The fourth-order valence-corrected chi connectivity index (χ4v) is 2.97. The molecule has 0 saturated carbocycles. The molecule has 0 aliphatic heterocycles. The highest BCUT2D eigenvalue weighted by Gasteiger charge is 2.19. The van der Waals surface area contributed by atoms with Crippen LogP contribution in [0.2, 0.25) is 0 Å². The number of benzene rings is 3. The van der Waals surface area contributed by atoms with Gasteiger partial charge in [0.15, 0.2) is 0 Å². The van der Waals surface area contributed by atoms with Gasteiger partial charge in [0.1, 0.15) is 0 Å². The van der Waals surface area contributed by atoms with Gasteiger partial charge in [-0.25, -0.2) is 0 Å². The van der Waals surface area contributed by atoms with Crippen LogP contribution < -0.4 is 0 Å². The van der Waals surface area contributed by atoms with E-state index in [4.69, 9.17) is 0 Å². The molecule has 0 heterocycles. The molecule has 4 rings (SSSR count). The third kappa shape index (κ3) is 2.29. The Morgan fingerprint density at radius 1 is 0.591 bits per heavy atom. The first-order valence-corrected chi connectivity index (χ1v) is 7.55. The normalized spacial score (nSPS) is 14.7. The van der Waals surface area contributed by atoms with E-state index in [1.807, 2.05) is 0 Å². The second-order valence-corrected chi connectivity index (χ2v) is 5.48. The van der Waals surface area contributed by atoms with E-state index in [-0.39, 0.29) is 0 Å². The largest absolute Gasteiger partial charge is 0.0622 e. The quantitative estimate of drug-likeness (QED) is 0.558. The average molecular weight is 280 g/mol. The number of hydrogen-bond donors (Lipinski definition) is 0. The first-order chi connectivity index (χ1) is 10.9. The molecule has 0 nitrogen and oxygen atoms in total. The third-order valence-electron chi connectivity index (χ3n) is 4.04. The summed E-state index contributed by atoms with van der Waals surface area (Å²) in [5.74, 6) is 0. The Balaban J connectivity index is 1.89. The second kappa shape index (κ2) is 5.50. The van der Waals surface area contributed by atoms with Gasteiger partial charge >= 0.3 is 0 Å². The zero-order valence-electron chi connectivity index (χ0n) is 12.2. The van der Waals surface area contributed by atoms with Crippen LogP contribution in [0.3, 0.4) is 0 Å². The van der Waals surface area contributed by atoms with Gasteiger partial charge in [0, 0.05) is 0 Å². The number of fused-ring (bicyclic) bond motifs is 1. The predicted molar refractivity (Wildman–Crippen MR) is 95.1 cm³/mol. The van der Waals surface area contributed by atoms with Crippen molar-refractivity contribution in [3.8, 4) is 0 Å². The standard InChI is InChI=1S/C22H16/c1-3-9-17(10-4-1)15-22-20-14-8-7-13-19(20)16-21(22)18-11-5-2-6-12-18/h1-16H/b22-15+. The zero-order valence-corrected chi connectivity index (χ0v) is 12.2. The van der Waals surface area contributed by atoms with Crippen LogP contribution in [-0.2, 0) is 0 Å². The van der Waals surface area contributed by atoms with E-state index in [2.05, 4.69) is 97.1 Å². The maximum absolute atomic E-state index is 2.29. The molecule has 0 heteroatoms. The lowest BCUT2D eigenvalue weighted by atomic mass is 9.95. The van der Waals surface area contributed by atoms with Crippen molar-refractivity contribution >= 4 is 23.3 Å². The molecule has 3 aromatic carbocycles. The summed E-state index contributed by atoms with van der Waals surface area (Å²) in [4.78, 5) is 0. The van der Waals surface area contributed by atoms with Gasteiger partial charge in [-0.05, 0) is 45.6 Å². The minimum absolute atomic E-state index is 1.23. The summed E-state index contributed by atoms with van der Waals surface area (Å²) in [7, 11) is 0. The maximum Gasteiger partial charge on any atom is -0.00932 e. The molecule has 1 aliphatic carbocycles. The van der Waals surface area contributed by atoms with Gasteiger partial charge in [0.2, 0.25) is 0 Å². The molecule has 0 atom stereocenters. The van der Waals surface area contributed by atoms with Crippen LogP contribution in [0.5, 0.6) is 0 Å². The molecular formula is C22H16. The van der Waals surface area contributed by atoms with Crippen molar-refractivity contribution in [1.82, 2.24) is 0 Å². The van der Waals surface area contributed by atoms with Crippen molar-refractivity contribution in [3.05, 3.63) is 107 Å². The predicted octanol–water partition coefficient (Wildman–Crippen LogP) is 5.78. The summed E-state index contributed by atoms with van der Waals surface area (Å²) in [6.45, 7) is 0. The van der Waals surface area contributed by atoms with Gasteiger partial charge in [-0.15, -0.1) is 0 Å². The molecule has 0 N–H and O–H groups in total. The highest BCUT2D eigenvalue weighted by atomic mass is 14.2. The van der Waals surface area contributed by atoms with E-state index in [9.17, 15) is 0 Å². The summed E-state index contributed by atoms with van der Waals surface area (Å²) < 4.78 is 0. The Hall–Kier alpha value is -2.86. The van der Waals surface area contributed by atoms with Crippen molar-refractivity contribution in [2.75, 3.05) is 0 Å². The Morgan fingerprint density at radius 3 is 2.00 bits per heavy atom. The van der Waals surface area contributed by atoms with Gasteiger partial charge < -0.3 is 0 Å². The highest BCUT2D eigenvalue weighted by molar-refractivity contribution is 6.21. The molecule has 0 amide bonds. The Labute approximate surface area is 131 Å². The molecule has 0 bridgehead atoms. The van der Waals surface area contributed by atoms with E-state index in [1.54, 1.807) is 0 Å².